The van der Waals surface area contributed by atoms with Crippen LogP contribution in [0.15, 0.2) is 36.4 Å². The van der Waals surface area contributed by atoms with Crippen LogP contribution in [-0.2, 0) is 16.0 Å². The number of fused-ring (bicyclic) bond motifs is 1. The Morgan fingerprint density at radius 3 is 2.50 bits per heavy atom. The Labute approximate surface area is 181 Å². The molecule has 1 atom stereocenters. The zero-order chi connectivity index (χ0) is 23.5. The summed E-state index contributed by atoms with van der Waals surface area (Å²) in [5.74, 6) is -4.45. The van der Waals surface area contributed by atoms with E-state index in [0.717, 1.165) is 4.85 Å². The van der Waals surface area contributed by atoms with Crippen LogP contribution in [0, 0.1) is 17.5 Å². The van der Waals surface area contributed by atoms with Gasteiger partial charge >= 0.3 is 12.1 Å². The summed E-state index contributed by atoms with van der Waals surface area (Å²) < 4.78 is 46.1. The van der Waals surface area contributed by atoms with Gasteiger partial charge in [-0.05, 0) is 56.2 Å². The Morgan fingerprint density at radius 1 is 1.09 bits per heavy atom. The van der Waals surface area contributed by atoms with Gasteiger partial charge in [-0.25, -0.2) is 22.8 Å². The molecule has 32 heavy (non-hydrogen) atoms. The molecule has 8 nitrogen and oxygen atoms in total. The van der Waals surface area contributed by atoms with E-state index < -0.39 is 47.6 Å². The van der Waals surface area contributed by atoms with Crippen molar-refractivity contribution in [3.63, 3.8) is 0 Å². The van der Waals surface area contributed by atoms with Gasteiger partial charge < -0.3 is 14.9 Å². The van der Waals surface area contributed by atoms with E-state index in [9.17, 15) is 22.8 Å². The van der Waals surface area contributed by atoms with Crippen molar-refractivity contribution in [2.75, 3.05) is 0 Å². The standard InChI is InChI=1S/C21H21F3N4O4/c1-21(2,3)31-20(30)25-13(8-12-9-15(23)16(24)11-14(12)22)10-19(29)32-28-18-7-5-4-6-17(18)26-27-28/h4-7,9,11,13H,8,10H2,1-3H3,(H,25,30)/t13-/m1/s1. The van der Waals surface area contributed by atoms with E-state index in [1.54, 1.807) is 45.0 Å². The molecule has 1 amide bonds. The lowest BCUT2D eigenvalue weighted by Gasteiger charge is -2.23. The molecule has 1 aromatic heterocycles. The monoisotopic (exact) mass is 450 g/mol. The third-order valence-corrected chi connectivity index (χ3v) is 4.20. The molecule has 11 heteroatoms. The van der Waals surface area contributed by atoms with Crippen LogP contribution >= 0.6 is 0 Å². The molecule has 3 aromatic rings. The summed E-state index contributed by atoms with van der Waals surface area (Å²) in [4.78, 5) is 30.8. The first-order valence-electron chi connectivity index (χ1n) is 9.66. The molecule has 0 spiro atoms. The average molecular weight is 450 g/mol. The molecule has 0 aliphatic rings. The van der Waals surface area contributed by atoms with Crippen LogP contribution in [0.3, 0.4) is 0 Å². The normalized spacial score (nSPS) is 12.4. The molecule has 0 fully saturated rings. The highest BCUT2D eigenvalue weighted by Gasteiger charge is 2.25. The second-order valence-corrected chi connectivity index (χ2v) is 8.02. The first-order valence-corrected chi connectivity index (χ1v) is 9.66. The minimum absolute atomic E-state index is 0.232. The van der Waals surface area contributed by atoms with Gasteiger partial charge in [-0.3, -0.25) is 0 Å². The van der Waals surface area contributed by atoms with Gasteiger partial charge in [0.1, 0.15) is 22.5 Å². The van der Waals surface area contributed by atoms with Crippen LogP contribution in [0.1, 0.15) is 32.8 Å². The molecular weight excluding hydrogens is 429 g/mol. The number of aromatic nitrogens is 3. The van der Waals surface area contributed by atoms with E-state index in [4.69, 9.17) is 9.57 Å². The third kappa shape index (κ3) is 5.96. The highest BCUT2D eigenvalue weighted by atomic mass is 19.2. The average Bonchev–Trinajstić information content (AvgIpc) is 3.07. The molecule has 1 heterocycles. The van der Waals surface area contributed by atoms with Crippen LogP contribution in [-0.4, -0.2) is 38.9 Å². The number of halogens is 3. The Morgan fingerprint density at radius 2 is 1.78 bits per heavy atom. The number of ether oxygens (including phenoxy) is 1. The molecule has 0 aliphatic heterocycles. The van der Waals surface area contributed by atoms with Crippen molar-refractivity contribution in [1.82, 2.24) is 20.5 Å². The maximum atomic E-state index is 14.1. The summed E-state index contributed by atoms with van der Waals surface area (Å²) in [5, 5.41) is 10.0. The van der Waals surface area contributed by atoms with Gasteiger partial charge in [-0.2, -0.15) is 0 Å². The summed E-state index contributed by atoms with van der Waals surface area (Å²) in [6, 6.07) is 6.77. The lowest BCUT2D eigenvalue weighted by Crippen LogP contribution is -2.42. The predicted molar refractivity (Wildman–Crippen MR) is 107 cm³/mol. The van der Waals surface area contributed by atoms with E-state index >= 15 is 0 Å². The number of carbonyl (C=O) groups is 2. The zero-order valence-corrected chi connectivity index (χ0v) is 17.6. The van der Waals surface area contributed by atoms with Crippen LogP contribution < -0.4 is 10.2 Å². The van der Waals surface area contributed by atoms with Crippen molar-refractivity contribution in [1.29, 1.82) is 0 Å². The third-order valence-electron chi connectivity index (χ3n) is 4.20. The van der Waals surface area contributed by atoms with Crippen molar-refractivity contribution < 1.29 is 32.3 Å². The van der Waals surface area contributed by atoms with E-state index in [2.05, 4.69) is 15.6 Å². The zero-order valence-electron chi connectivity index (χ0n) is 17.6. The second-order valence-electron chi connectivity index (χ2n) is 8.02. The van der Waals surface area contributed by atoms with Gasteiger partial charge in [-0.15, -0.1) is 5.10 Å². The van der Waals surface area contributed by atoms with E-state index in [1.807, 2.05) is 0 Å². The minimum atomic E-state index is -1.35. The van der Waals surface area contributed by atoms with Crippen molar-refractivity contribution in [2.45, 2.75) is 45.3 Å². The van der Waals surface area contributed by atoms with Gasteiger partial charge in [0.25, 0.3) is 0 Å². The highest BCUT2D eigenvalue weighted by molar-refractivity contribution is 5.76. The fraction of sp³-hybridized carbons (Fsp3) is 0.333. The van der Waals surface area contributed by atoms with Gasteiger partial charge in [0.2, 0.25) is 0 Å². The minimum Gasteiger partial charge on any atom is -0.444 e. The Kier molecular flexibility index (Phi) is 6.66. The molecule has 170 valence electrons. The first kappa shape index (κ1) is 23.0. The van der Waals surface area contributed by atoms with Gasteiger partial charge in [0.15, 0.2) is 11.6 Å². The molecule has 0 radical (unpaired) electrons. The molecular formula is C21H21F3N4O4. The fourth-order valence-electron chi connectivity index (χ4n) is 2.88. The lowest BCUT2D eigenvalue weighted by atomic mass is 10.0. The summed E-state index contributed by atoms with van der Waals surface area (Å²) in [6.07, 6.45) is -1.63. The number of para-hydroxylation sites is 1. The molecule has 0 aliphatic carbocycles. The summed E-state index contributed by atoms with van der Waals surface area (Å²) in [5.41, 5.74) is -0.136. The molecule has 1 N–H and O–H groups in total. The molecule has 3 rings (SSSR count). The summed E-state index contributed by atoms with van der Waals surface area (Å²) >= 11 is 0. The lowest BCUT2D eigenvalue weighted by molar-refractivity contribution is -0.145. The highest BCUT2D eigenvalue weighted by Crippen LogP contribution is 2.17. The Bertz CT molecular complexity index is 1140. The number of benzene rings is 2. The maximum Gasteiger partial charge on any atom is 0.407 e. The predicted octanol–water partition coefficient (Wildman–Crippen LogP) is 3.33. The topological polar surface area (TPSA) is 95.3 Å². The molecule has 0 bridgehead atoms. The molecule has 0 saturated carbocycles. The van der Waals surface area contributed by atoms with Crippen LogP contribution in [0.5, 0.6) is 0 Å². The molecule has 0 unspecified atom stereocenters. The van der Waals surface area contributed by atoms with Gasteiger partial charge in [0.05, 0.1) is 6.42 Å². The second kappa shape index (κ2) is 9.25. The van der Waals surface area contributed by atoms with Crippen molar-refractivity contribution in [3.8, 4) is 0 Å². The van der Waals surface area contributed by atoms with Crippen LogP contribution in [0.4, 0.5) is 18.0 Å². The summed E-state index contributed by atoms with van der Waals surface area (Å²) in [6.45, 7) is 4.92. The van der Waals surface area contributed by atoms with Crippen molar-refractivity contribution in [3.05, 3.63) is 59.4 Å². The number of carbonyl (C=O) groups excluding carboxylic acids is 2. The first-order chi connectivity index (χ1) is 15.0. The SMILES string of the molecule is CC(C)(C)OC(=O)N[C@@H](CC(=O)On1nnc2ccccc21)Cc1cc(F)c(F)cc1F. The van der Waals surface area contributed by atoms with Crippen molar-refractivity contribution >= 4 is 23.1 Å². The fourth-order valence-corrected chi connectivity index (χ4v) is 2.88. The van der Waals surface area contributed by atoms with Gasteiger partial charge in [0, 0.05) is 12.1 Å². The largest absolute Gasteiger partial charge is 0.444 e. The van der Waals surface area contributed by atoms with E-state index in [0.29, 0.717) is 23.2 Å². The smallest absolute Gasteiger partial charge is 0.407 e. The number of nitrogens with zero attached hydrogens (tertiary/aromatic N) is 3. The van der Waals surface area contributed by atoms with Crippen molar-refractivity contribution in [2.24, 2.45) is 0 Å². The number of nitrogens with one attached hydrogen (secondary N) is 1. The number of hydrogen-bond acceptors (Lipinski definition) is 6. The number of hydrogen-bond donors (Lipinski definition) is 1. The van der Waals surface area contributed by atoms with Crippen LogP contribution in [0.2, 0.25) is 0 Å². The number of rotatable bonds is 6. The maximum absolute atomic E-state index is 14.1. The quantitative estimate of drug-likeness (QED) is 0.457. The number of amides is 1. The van der Waals surface area contributed by atoms with E-state index in [-0.39, 0.29) is 12.0 Å². The van der Waals surface area contributed by atoms with Gasteiger partial charge in [-0.1, -0.05) is 17.0 Å². The number of alkyl carbamates (subject to hydrolysis) is 1. The Hall–Kier alpha value is -3.63. The molecule has 2 aromatic carbocycles. The summed E-state index contributed by atoms with van der Waals surface area (Å²) in [7, 11) is 0. The van der Waals surface area contributed by atoms with E-state index in [1.165, 1.54) is 0 Å². The molecule has 0 saturated heterocycles. The Balaban J connectivity index is 1.77. The van der Waals surface area contributed by atoms with Crippen LogP contribution in [0.25, 0.3) is 11.0 Å².